The molecule has 0 N–H and O–H groups in total. The maximum absolute atomic E-state index is 6.42. The van der Waals surface area contributed by atoms with Gasteiger partial charge in [-0.3, -0.25) is 4.90 Å². The predicted octanol–water partition coefficient (Wildman–Crippen LogP) is 7.50. The summed E-state index contributed by atoms with van der Waals surface area (Å²) in [4.78, 5) is 15.3. The molecule has 37 heavy (non-hydrogen) atoms. The summed E-state index contributed by atoms with van der Waals surface area (Å²) in [5.74, 6) is 0.946. The highest BCUT2D eigenvalue weighted by atomic mass is 32.2. The fourth-order valence-corrected chi connectivity index (χ4v) is 6.93. The number of aromatic nitrogens is 1. The molecule has 0 unspecified atom stereocenters. The van der Waals surface area contributed by atoms with Crippen LogP contribution in [0.25, 0.3) is 0 Å². The van der Waals surface area contributed by atoms with Gasteiger partial charge in [-0.15, -0.1) is 11.3 Å². The van der Waals surface area contributed by atoms with Crippen LogP contribution in [0.2, 0.25) is 0 Å². The van der Waals surface area contributed by atoms with Crippen molar-refractivity contribution in [2.24, 2.45) is 0 Å². The van der Waals surface area contributed by atoms with Crippen molar-refractivity contribution in [2.45, 2.75) is 42.2 Å². The Morgan fingerprint density at radius 3 is 2.43 bits per heavy atom. The molecule has 190 valence electrons. The lowest BCUT2D eigenvalue weighted by atomic mass is 10.1. The van der Waals surface area contributed by atoms with Crippen molar-refractivity contribution in [3.05, 3.63) is 82.8 Å². The summed E-state index contributed by atoms with van der Waals surface area (Å²) in [6.45, 7) is 5.20. The van der Waals surface area contributed by atoms with Crippen LogP contribution in [0.1, 0.15) is 22.7 Å². The molecule has 0 atom stereocenters. The van der Waals surface area contributed by atoms with Gasteiger partial charge in [0.15, 0.2) is 0 Å². The van der Waals surface area contributed by atoms with Gasteiger partial charge in [-0.2, -0.15) is 0 Å². The molecule has 7 heteroatoms. The van der Waals surface area contributed by atoms with Crippen molar-refractivity contribution in [3.63, 3.8) is 0 Å². The number of thiazole rings is 1. The van der Waals surface area contributed by atoms with E-state index in [1.807, 2.05) is 18.0 Å². The summed E-state index contributed by atoms with van der Waals surface area (Å²) in [7, 11) is 4.18. The molecule has 1 fully saturated rings. The molecule has 3 heterocycles. The standard InChI is InChI=1S/C30H32N4OS2/c1-21-31-19-26(36-21)20-33-16-14-25(15-17-33)35-24-11-8-22(9-12-24)34-27-6-4-5-7-29(27)37-30-13-10-23(32(2)3)18-28(30)34/h4-13,18-19,25H,14-17,20H2,1-3H3. The molecular weight excluding hydrogens is 496 g/mol. The minimum absolute atomic E-state index is 0.265. The fourth-order valence-electron chi connectivity index (χ4n) is 5.05. The van der Waals surface area contributed by atoms with Crippen LogP contribution < -0.4 is 14.5 Å². The van der Waals surface area contributed by atoms with E-state index in [0.29, 0.717) is 0 Å². The lowest BCUT2D eigenvalue weighted by Crippen LogP contribution is -2.37. The van der Waals surface area contributed by atoms with Gasteiger partial charge < -0.3 is 14.5 Å². The first-order valence-electron chi connectivity index (χ1n) is 12.8. The highest BCUT2D eigenvalue weighted by molar-refractivity contribution is 7.99. The molecule has 0 bridgehead atoms. The molecule has 2 aliphatic rings. The quantitative estimate of drug-likeness (QED) is 0.227. The average molecular weight is 529 g/mol. The Morgan fingerprint density at radius 1 is 0.946 bits per heavy atom. The first-order chi connectivity index (χ1) is 18.0. The van der Waals surface area contributed by atoms with E-state index in [9.17, 15) is 0 Å². The molecule has 0 radical (unpaired) electrons. The van der Waals surface area contributed by atoms with E-state index in [1.54, 1.807) is 11.3 Å². The maximum atomic E-state index is 6.42. The summed E-state index contributed by atoms with van der Waals surface area (Å²) in [5, 5.41) is 1.14. The van der Waals surface area contributed by atoms with Crippen molar-refractivity contribution in [3.8, 4) is 5.75 Å². The summed E-state index contributed by atoms with van der Waals surface area (Å²) in [6.07, 6.45) is 4.39. The number of nitrogens with zero attached hydrogens (tertiary/aromatic N) is 4. The smallest absolute Gasteiger partial charge is 0.119 e. The molecule has 0 aliphatic carbocycles. The summed E-state index contributed by atoms with van der Waals surface area (Å²) in [6, 6.07) is 24.0. The molecule has 5 nitrogen and oxygen atoms in total. The van der Waals surface area contributed by atoms with Crippen LogP contribution in [0.5, 0.6) is 5.75 Å². The second kappa shape index (κ2) is 10.4. The van der Waals surface area contributed by atoms with Gasteiger partial charge in [-0.25, -0.2) is 4.98 Å². The summed E-state index contributed by atoms with van der Waals surface area (Å²) < 4.78 is 6.42. The van der Waals surface area contributed by atoms with Gasteiger partial charge in [0, 0.05) is 66.0 Å². The van der Waals surface area contributed by atoms with Gasteiger partial charge >= 0.3 is 0 Å². The van der Waals surface area contributed by atoms with Crippen molar-refractivity contribution in [1.29, 1.82) is 0 Å². The number of anilines is 4. The van der Waals surface area contributed by atoms with Gasteiger partial charge in [0.2, 0.25) is 0 Å². The molecule has 2 aliphatic heterocycles. The van der Waals surface area contributed by atoms with Gasteiger partial charge in [-0.05, 0) is 74.4 Å². The number of aryl methyl sites for hydroxylation is 1. The molecule has 0 amide bonds. The second-order valence-electron chi connectivity index (χ2n) is 9.88. The van der Waals surface area contributed by atoms with Crippen molar-refractivity contribution in [1.82, 2.24) is 9.88 Å². The number of piperidine rings is 1. The molecule has 1 saturated heterocycles. The number of fused-ring (bicyclic) bond motifs is 2. The van der Waals surface area contributed by atoms with Gasteiger partial charge in [0.05, 0.1) is 16.4 Å². The normalized spacial score (nSPS) is 15.8. The highest BCUT2D eigenvalue weighted by Crippen LogP contribution is 2.52. The largest absolute Gasteiger partial charge is 0.490 e. The van der Waals surface area contributed by atoms with E-state index < -0.39 is 0 Å². The van der Waals surface area contributed by atoms with Crippen LogP contribution >= 0.6 is 23.1 Å². The van der Waals surface area contributed by atoms with Crippen LogP contribution in [-0.2, 0) is 6.54 Å². The van der Waals surface area contributed by atoms with Gasteiger partial charge in [-0.1, -0.05) is 23.9 Å². The zero-order chi connectivity index (χ0) is 25.4. The average Bonchev–Trinajstić information content (AvgIpc) is 3.33. The zero-order valence-electron chi connectivity index (χ0n) is 21.6. The van der Waals surface area contributed by atoms with Gasteiger partial charge in [0.25, 0.3) is 0 Å². The third-order valence-electron chi connectivity index (χ3n) is 7.01. The first-order valence-corrected chi connectivity index (χ1v) is 14.5. The lowest BCUT2D eigenvalue weighted by Gasteiger charge is -2.34. The van der Waals surface area contributed by atoms with Gasteiger partial charge in [0.1, 0.15) is 11.9 Å². The van der Waals surface area contributed by atoms with Crippen LogP contribution in [0.15, 0.2) is 82.7 Å². The molecular formula is C30H32N4OS2. The van der Waals surface area contributed by atoms with Crippen LogP contribution in [0, 0.1) is 6.92 Å². The molecule has 4 aromatic rings. The number of hydrogen-bond acceptors (Lipinski definition) is 7. The van der Waals surface area contributed by atoms with Crippen LogP contribution in [0.3, 0.4) is 0 Å². The monoisotopic (exact) mass is 528 g/mol. The predicted molar refractivity (Wildman–Crippen MR) is 155 cm³/mol. The van der Waals surface area contributed by atoms with E-state index in [0.717, 1.165) is 48.9 Å². The number of hydrogen-bond donors (Lipinski definition) is 0. The number of para-hydroxylation sites is 1. The number of likely N-dealkylation sites (tertiary alicyclic amines) is 1. The Hall–Kier alpha value is -3.00. The van der Waals surface area contributed by atoms with E-state index in [4.69, 9.17) is 4.74 Å². The summed E-state index contributed by atoms with van der Waals surface area (Å²) in [5.41, 5.74) is 4.77. The summed E-state index contributed by atoms with van der Waals surface area (Å²) >= 11 is 3.64. The van der Waals surface area contributed by atoms with Crippen molar-refractivity contribution >= 4 is 45.8 Å². The Labute approximate surface area is 227 Å². The van der Waals surface area contributed by atoms with Crippen LogP contribution in [0.4, 0.5) is 22.7 Å². The lowest BCUT2D eigenvalue weighted by molar-refractivity contribution is 0.0973. The maximum Gasteiger partial charge on any atom is 0.119 e. The third-order valence-corrected chi connectivity index (χ3v) is 9.03. The zero-order valence-corrected chi connectivity index (χ0v) is 23.2. The minimum atomic E-state index is 0.265. The third kappa shape index (κ3) is 5.21. The van der Waals surface area contributed by atoms with E-state index in [1.165, 1.54) is 31.7 Å². The van der Waals surface area contributed by atoms with E-state index in [-0.39, 0.29) is 6.10 Å². The Kier molecular flexibility index (Phi) is 6.84. The highest BCUT2D eigenvalue weighted by Gasteiger charge is 2.26. The first kappa shape index (κ1) is 24.3. The van der Waals surface area contributed by atoms with Crippen molar-refractivity contribution in [2.75, 3.05) is 37.0 Å². The van der Waals surface area contributed by atoms with E-state index >= 15 is 0 Å². The SMILES string of the molecule is Cc1ncc(CN2CCC(Oc3ccc(N4c5ccccc5Sc5ccc(N(C)C)cc54)cc3)CC2)s1. The topological polar surface area (TPSA) is 31.8 Å². The Balaban J connectivity index is 1.17. The number of ether oxygens (including phenoxy) is 1. The Morgan fingerprint density at radius 2 is 1.70 bits per heavy atom. The molecule has 0 spiro atoms. The number of rotatable bonds is 6. The molecule has 6 rings (SSSR count). The van der Waals surface area contributed by atoms with E-state index in [2.05, 4.69) is 107 Å². The van der Waals surface area contributed by atoms with Crippen molar-refractivity contribution < 1.29 is 4.74 Å². The molecule has 0 saturated carbocycles. The second-order valence-corrected chi connectivity index (χ2v) is 12.3. The molecule has 3 aromatic carbocycles. The minimum Gasteiger partial charge on any atom is -0.490 e. The number of benzene rings is 3. The van der Waals surface area contributed by atoms with Crippen LogP contribution in [-0.4, -0.2) is 43.2 Å². The Bertz CT molecular complexity index is 1380. The molecule has 1 aromatic heterocycles. The fraction of sp³-hybridized carbons (Fsp3) is 0.300.